The number of anilines is 1. The molecule has 3 heterocycles. The van der Waals surface area contributed by atoms with Crippen molar-refractivity contribution in [1.82, 2.24) is 19.9 Å². The zero-order valence-corrected chi connectivity index (χ0v) is 15.1. The summed E-state index contributed by atoms with van der Waals surface area (Å²) in [5.74, 6) is 0.815. The minimum atomic E-state index is 0.815. The number of aromatic nitrogens is 3. The van der Waals surface area contributed by atoms with Gasteiger partial charge < -0.3 is 9.80 Å². The van der Waals surface area contributed by atoms with E-state index in [9.17, 15) is 0 Å². The lowest BCUT2D eigenvalue weighted by Crippen LogP contribution is -2.45. The first-order valence-electron chi connectivity index (χ1n) is 8.01. The first-order valence-corrected chi connectivity index (χ1v) is 8.80. The molecule has 0 atom stereocenters. The van der Waals surface area contributed by atoms with Crippen molar-refractivity contribution in [2.45, 2.75) is 0 Å². The molecule has 5 nitrogen and oxygen atoms in total. The van der Waals surface area contributed by atoms with E-state index in [0.717, 1.165) is 58.6 Å². The van der Waals surface area contributed by atoms with Crippen molar-refractivity contribution in [3.8, 4) is 11.1 Å². The molecule has 2 aromatic heterocycles. The standard InChI is InChI=1S/C18H18BrN5/c1-23-6-8-24(9-7-23)18-21-11-14(12-22-18)13-2-3-17-15(10-13)16(19)4-5-20-17/h2-5,10-12H,6-9H2,1H3. The van der Waals surface area contributed by atoms with Crippen LogP contribution in [-0.4, -0.2) is 53.1 Å². The number of pyridine rings is 1. The van der Waals surface area contributed by atoms with Gasteiger partial charge in [-0.25, -0.2) is 9.97 Å². The molecule has 24 heavy (non-hydrogen) atoms. The monoisotopic (exact) mass is 383 g/mol. The van der Waals surface area contributed by atoms with Gasteiger partial charge in [0.2, 0.25) is 5.95 Å². The van der Waals surface area contributed by atoms with E-state index >= 15 is 0 Å². The minimum absolute atomic E-state index is 0.815. The Hall–Kier alpha value is -2.05. The third-order valence-electron chi connectivity index (χ3n) is 4.45. The number of fused-ring (bicyclic) bond motifs is 1. The Kier molecular flexibility index (Phi) is 4.16. The molecule has 0 saturated carbocycles. The third-order valence-corrected chi connectivity index (χ3v) is 5.14. The first-order chi connectivity index (χ1) is 11.7. The third kappa shape index (κ3) is 2.99. The topological polar surface area (TPSA) is 45.2 Å². The van der Waals surface area contributed by atoms with Gasteiger partial charge >= 0.3 is 0 Å². The van der Waals surface area contributed by atoms with Crippen LogP contribution in [0.2, 0.25) is 0 Å². The summed E-state index contributed by atoms with van der Waals surface area (Å²) in [5, 5.41) is 1.10. The lowest BCUT2D eigenvalue weighted by atomic mass is 10.1. The molecule has 6 heteroatoms. The molecule has 3 aromatic rings. The van der Waals surface area contributed by atoms with Gasteiger partial charge in [-0.15, -0.1) is 0 Å². The van der Waals surface area contributed by atoms with Crippen molar-refractivity contribution in [2.75, 3.05) is 38.1 Å². The number of rotatable bonds is 2. The minimum Gasteiger partial charge on any atom is -0.338 e. The number of halogens is 1. The predicted molar refractivity (Wildman–Crippen MR) is 100 cm³/mol. The number of benzene rings is 1. The van der Waals surface area contributed by atoms with Gasteiger partial charge in [0.05, 0.1) is 5.52 Å². The van der Waals surface area contributed by atoms with Crippen LogP contribution in [0.15, 0.2) is 47.3 Å². The van der Waals surface area contributed by atoms with Gasteiger partial charge in [0, 0.05) is 60.2 Å². The highest BCUT2D eigenvalue weighted by atomic mass is 79.9. The predicted octanol–water partition coefficient (Wildman–Crippen LogP) is 3.21. The second-order valence-electron chi connectivity index (χ2n) is 6.09. The molecule has 1 aliphatic rings. The summed E-state index contributed by atoms with van der Waals surface area (Å²) in [5.41, 5.74) is 3.09. The van der Waals surface area contributed by atoms with Crippen LogP contribution in [0.1, 0.15) is 0 Å². The van der Waals surface area contributed by atoms with Crippen molar-refractivity contribution in [3.05, 3.63) is 47.3 Å². The Morgan fingerprint density at radius 1 is 0.917 bits per heavy atom. The van der Waals surface area contributed by atoms with Crippen molar-refractivity contribution in [2.24, 2.45) is 0 Å². The summed E-state index contributed by atoms with van der Waals surface area (Å²) in [7, 11) is 2.15. The van der Waals surface area contributed by atoms with Gasteiger partial charge in [0.1, 0.15) is 0 Å². The smallest absolute Gasteiger partial charge is 0.225 e. The Labute approximate surface area is 149 Å². The van der Waals surface area contributed by atoms with E-state index in [1.165, 1.54) is 0 Å². The van der Waals surface area contributed by atoms with Crippen molar-refractivity contribution in [3.63, 3.8) is 0 Å². The van der Waals surface area contributed by atoms with E-state index in [2.05, 4.69) is 59.9 Å². The summed E-state index contributed by atoms with van der Waals surface area (Å²) in [6.07, 6.45) is 5.62. The summed E-state index contributed by atoms with van der Waals surface area (Å²) in [4.78, 5) is 18.1. The fourth-order valence-electron chi connectivity index (χ4n) is 2.93. The fourth-order valence-corrected chi connectivity index (χ4v) is 3.37. The zero-order valence-electron chi connectivity index (χ0n) is 13.5. The van der Waals surface area contributed by atoms with E-state index in [1.54, 1.807) is 6.20 Å². The average Bonchev–Trinajstić information content (AvgIpc) is 2.63. The number of likely N-dealkylation sites (N-methyl/N-ethyl adjacent to an activating group) is 1. The highest BCUT2D eigenvalue weighted by Gasteiger charge is 2.16. The highest BCUT2D eigenvalue weighted by molar-refractivity contribution is 9.10. The van der Waals surface area contributed by atoms with Crippen molar-refractivity contribution >= 4 is 32.8 Å². The molecule has 0 unspecified atom stereocenters. The summed E-state index contributed by atoms with van der Waals surface area (Å²) in [6.45, 7) is 4.06. The van der Waals surface area contributed by atoms with Gasteiger partial charge in [-0.05, 0) is 30.8 Å². The fraction of sp³-hybridized carbons (Fsp3) is 0.278. The molecule has 4 rings (SSSR count). The van der Waals surface area contributed by atoms with Crippen LogP contribution in [0.25, 0.3) is 22.0 Å². The Morgan fingerprint density at radius 3 is 2.42 bits per heavy atom. The molecule has 1 saturated heterocycles. The summed E-state index contributed by atoms with van der Waals surface area (Å²) >= 11 is 3.59. The largest absolute Gasteiger partial charge is 0.338 e. The van der Waals surface area contributed by atoms with Crippen LogP contribution in [-0.2, 0) is 0 Å². The van der Waals surface area contributed by atoms with Crippen LogP contribution >= 0.6 is 15.9 Å². The molecule has 122 valence electrons. The maximum Gasteiger partial charge on any atom is 0.225 e. The van der Waals surface area contributed by atoms with Crippen molar-refractivity contribution < 1.29 is 0 Å². The molecule has 1 aromatic carbocycles. The molecular formula is C18H18BrN5. The molecular weight excluding hydrogens is 366 g/mol. The maximum atomic E-state index is 4.58. The molecule has 0 spiro atoms. The van der Waals surface area contributed by atoms with Gasteiger partial charge in [-0.2, -0.15) is 0 Å². The second kappa shape index (κ2) is 6.45. The van der Waals surface area contributed by atoms with Crippen LogP contribution in [0, 0.1) is 0 Å². The summed E-state index contributed by atoms with van der Waals surface area (Å²) in [6, 6.07) is 8.18. The maximum absolute atomic E-state index is 4.58. The zero-order chi connectivity index (χ0) is 16.5. The molecule has 0 radical (unpaired) electrons. The summed E-state index contributed by atoms with van der Waals surface area (Å²) < 4.78 is 1.05. The highest BCUT2D eigenvalue weighted by Crippen LogP contribution is 2.28. The van der Waals surface area contributed by atoms with Gasteiger partial charge in [-0.1, -0.05) is 22.0 Å². The number of hydrogen-bond donors (Lipinski definition) is 0. The van der Waals surface area contributed by atoms with Gasteiger partial charge in [-0.3, -0.25) is 4.98 Å². The van der Waals surface area contributed by atoms with E-state index in [-0.39, 0.29) is 0 Å². The Morgan fingerprint density at radius 2 is 1.67 bits per heavy atom. The molecule has 1 fully saturated rings. The van der Waals surface area contributed by atoms with E-state index in [1.807, 2.05) is 24.5 Å². The van der Waals surface area contributed by atoms with Crippen LogP contribution in [0.5, 0.6) is 0 Å². The van der Waals surface area contributed by atoms with Gasteiger partial charge in [0.25, 0.3) is 0 Å². The lowest BCUT2D eigenvalue weighted by molar-refractivity contribution is 0.311. The van der Waals surface area contributed by atoms with E-state index in [4.69, 9.17) is 0 Å². The van der Waals surface area contributed by atoms with Crippen LogP contribution in [0.4, 0.5) is 5.95 Å². The van der Waals surface area contributed by atoms with E-state index < -0.39 is 0 Å². The SMILES string of the molecule is CN1CCN(c2ncc(-c3ccc4nccc(Br)c4c3)cn2)CC1. The molecule has 1 aliphatic heterocycles. The molecule has 0 amide bonds. The number of hydrogen-bond acceptors (Lipinski definition) is 5. The second-order valence-corrected chi connectivity index (χ2v) is 6.94. The van der Waals surface area contributed by atoms with Crippen LogP contribution < -0.4 is 4.90 Å². The lowest BCUT2D eigenvalue weighted by Gasteiger charge is -2.32. The van der Waals surface area contributed by atoms with Crippen LogP contribution in [0.3, 0.4) is 0 Å². The Bertz CT molecular complexity index is 857. The normalized spacial score (nSPS) is 15.8. The van der Waals surface area contributed by atoms with E-state index in [0.29, 0.717) is 0 Å². The Balaban J connectivity index is 1.62. The molecule has 0 bridgehead atoms. The van der Waals surface area contributed by atoms with Gasteiger partial charge in [0.15, 0.2) is 0 Å². The molecule has 0 N–H and O–H groups in total. The number of nitrogens with zero attached hydrogens (tertiary/aromatic N) is 5. The first kappa shape index (κ1) is 15.5. The molecule has 0 aliphatic carbocycles. The quantitative estimate of drug-likeness (QED) is 0.679. The van der Waals surface area contributed by atoms with Crippen molar-refractivity contribution in [1.29, 1.82) is 0 Å². The number of piperazine rings is 1. The average molecular weight is 384 g/mol.